The molecule has 0 amide bonds. The molecule has 1 aliphatic heterocycles. The Balaban J connectivity index is 1.45. The highest BCUT2D eigenvalue weighted by Crippen LogP contribution is 2.78. The summed E-state index contributed by atoms with van der Waals surface area (Å²) >= 11 is 0. The van der Waals surface area contributed by atoms with Gasteiger partial charge in [0.25, 0.3) is 0 Å². The molecule has 2 N–H and O–H groups in total. The Bertz CT molecular complexity index is 1250. The molecule has 5 saturated carbocycles. The van der Waals surface area contributed by atoms with E-state index in [-0.39, 0.29) is 48.2 Å². The van der Waals surface area contributed by atoms with Gasteiger partial charge in [-0.05, 0) is 31.0 Å². The SMILES string of the molecule is CCN1C[C@@]2(COC)C3[C@@H](OC)C4C1C3([C@@H](OC)C[C@H]2O)[C@@H]1C[C@@]2(O)[C@H](OC(=O)c3ccccc3)[C@@H]1[C@@H]4C(=O)[C@@H]2OC. The van der Waals surface area contributed by atoms with Crippen LogP contribution in [-0.4, -0.2) is 117 Å². The molecule has 1 heterocycles. The summed E-state index contributed by atoms with van der Waals surface area (Å²) in [6.45, 7) is 3.77. The minimum absolute atomic E-state index is 0.0847. The Hall–Kier alpha value is -1.92. The first kappa shape index (κ1) is 28.8. The average molecular weight is 586 g/mol. The van der Waals surface area contributed by atoms with Gasteiger partial charge in [-0.25, -0.2) is 4.79 Å². The van der Waals surface area contributed by atoms with Crippen molar-refractivity contribution in [1.82, 2.24) is 4.90 Å². The van der Waals surface area contributed by atoms with E-state index in [9.17, 15) is 19.8 Å². The Morgan fingerprint density at radius 3 is 2.43 bits per heavy atom. The summed E-state index contributed by atoms with van der Waals surface area (Å²) in [5.74, 6) is -2.42. The first-order valence-corrected chi connectivity index (χ1v) is 15.2. The number of methoxy groups -OCH3 is 4. The molecule has 10 heteroatoms. The quantitative estimate of drug-likeness (QED) is 0.430. The molecular formula is C32H43NO9. The Kier molecular flexibility index (Phi) is 6.72. The van der Waals surface area contributed by atoms with E-state index in [4.69, 9.17) is 23.7 Å². The summed E-state index contributed by atoms with van der Waals surface area (Å²) < 4.78 is 30.6. The number of piperidine rings is 1. The molecule has 1 aromatic carbocycles. The van der Waals surface area contributed by atoms with Crippen LogP contribution >= 0.6 is 0 Å². The molecule has 6 aliphatic rings. The number of ketones is 1. The van der Waals surface area contributed by atoms with E-state index in [1.807, 2.05) is 6.07 Å². The van der Waals surface area contributed by atoms with Crippen molar-refractivity contribution < 1.29 is 43.5 Å². The summed E-state index contributed by atoms with van der Waals surface area (Å²) in [5, 5.41) is 24.4. The zero-order chi connectivity index (χ0) is 29.8. The van der Waals surface area contributed by atoms with Crippen molar-refractivity contribution in [3.05, 3.63) is 35.9 Å². The number of ether oxygens (including phenoxy) is 5. The summed E-state index contributed by atoms with van der Waals surface area (Å²) in [7, 11) is 6.49. The molecule has 7 bridgehead atoms. The number of aliphatic hydroxyl groups excluding tert-OH is 1. The number of Topliss-reactive ketones (excluding diaryl/α,β-unsaturated/α-hetero) is 1. The van der Waals surface area contributed by atoms with Gasteiger partial charge in [-0.1, -0.05) is 25.1 Å². The largest absolute Gasteiger partial charge is 0.455 e. The van der Waals surface area contributed by atoms with E-state index < -0.39 is 52.5 Å². The van der Waals surface area contributed by atoms with Gasteiger partial charge < -0.3 is 33.9 Å². The van der Waals surface area contributed by atoms with Gasteiger partial charge in [-0.2, -0.15) is 0 Å². The monoisotopic (exact) mass is 585 g/mol. The Labute approximate surface area is 246 Å². The van der Waals surface area contributed by atoms with Crippen LogP contribution in [0.1, 0.15) is 30.1 Å². The second kappa shape index (κ2) is 9.79. The number of nitrogens with zero attached hydrogens (tertiary/aromatic N) is 1. The minimum atomic E-state index is -1.70. The molecule has 14 atom stereocenters. The maximum atomic E-state index is 14.5. The molecule has 4 unspecified atom stereocenters. The highest BCUT2D eigenvalue weighted by atomic mass is 16.6. The van der Waals surface area contributed by atoms with Crippen molar-refractivity contribution in [2.75, 3.05) is 48.1 Å². The van der Waals surface area contributed by atoms with Crippen molar-refractivity contribution in [3.63, 3.8) is 0 Å². The third kappa shape index (κ3) is 3.19. The highest BCUT2D eigenvalue weighted by Gasteiger charge is 2.87. The van der Waals surface area contributed by atoms with Gasteiger partial charge in [0.1, 0.15) is 17.8 Å². The zero-order valence-electron chi connectivity index (χ0n) is 25.0. The lowest BCUT2D eigenvalue weighted by Crippen LogP contribution is -2.77. The number of esters is 1. The van der Waals surface area contributed by atoms with Crippen LogP contribution in [0.15, 0.2) is 30.3 Å². The lowest BCUT2D eigenvalue weighted by molar-refractivity contribution is -0.280. The molecule has 1 spiro atoms. The highest BCUT2D eigenvalue weighted by molar-refractivity contribution is 5.92. The fourth-order valence-electron chi connectivity index (χ4n) is 11.7. The second-order valence-corrected chi connectivity index (χ2v) is 13.5. The fourth-order valence-corrected chi connectivity index (χ4v) is 11.7. The molecular weight excluding hydrogens is 542 g/mol. The fraction of sp³-hybridized carbons (Fsp3) is 0.750. The summed E-state index contributed by atoms with van der Waals surface area (Å²) in [6, 6.07) is 8.65. The first-order chi connectivity index (χ1) is 20.2. The molecule has 10 nitrogen and oxygen atoms in total. The number of carbonyl (C=O) groups excluding carboxylic acids is 2. The lowest BCUT2D eigenvalue weighted by Gasteiger charge is -2.69. The van der Waals surface area contributed by atoms with E-state index in [0.29, 0.717) is 31.7 Å². The molecule has 5 aliphatic carbocycles. The van der Waals surface area contributed by atoms with Gasteiger partial charge >= 0.3 is 5.97 Å². The Morgan fingerprint density at radius 1 is 1.07 bits per heavy atom. The maximum absolute atomic E-state index is 14.5. The predicted octanol–water partition coefficient (Wildman–Crippen LogP) is 1.17. The molecule has 1 saturated heterocycles. The van der Waals surface area contributed by atoms with Crippen molar-refractivity contribution in [2.45, 2.75) is 61.9 Å². The van der Waals surface area contributed by atoms with E-state index in [2.05, 4.69) is 11.8 Å². The van der Waals surface area contributed by atoms with Crippen molar-refractivity contribution in [2.24, 2.45) is 40.4 Å². The number of carbonyl (C=O) groups is 2. The number of rotatable bonds is 8. The van der Waals surface area contributed by atoms with Gasteiger partial charge in [-0.3, -0.25) is 9.69 Å². The lowest BCUT2D eigenvalue weighted by atomic mass is 9.43. The van der Waals surface area contributed by atoms with Gasteiger partial charge in [-0.15, -0.1) is 0 Å². The maximum Gasteiger partial charge on any atom is 0.338 e. The normalized spacial score (nSPS) is 50.2. The number of aliphatic hydroxyl groups is 2. The first-order valence-electron chi connectivity index (χ1n) is 15.2. The summed E-state index contributed by atoms with van der Waals surface area (Å²) in [5.41, 5.74) is -2.56. The molecule has 230 valence electrons. The van der Waals surface area contributed by atoms with Gasteiger partial charge in [0.05, 0.1) is 30.5 Å². The molecule has 1 aromatic rings. The molecule has 42 heavy (non-hydrogen) atoms. The average Bonchev–Trinajstić information content (AvgIpc) is 3.33. The summed E-state index contributed by atoms with van der Waals surface area (Å²) in [4.78, 5) is 30.4. The topological polar surface area (TPSA) is 124 Å². The van der Waals surface area contributed by atoms with Gasteiger partial charge in [0.15, 0.2) is 5.78 Å². The number of fused-ring (bicyclic) bond motifs is 2. The predicted molar refractivity (Wildman–Crippen MR) is 148 cm³/mol. The zero-order valence-corrected chi connectivity index (χ0v) is 25.0. The minimum Gasteiger partial charge on any atom is -0.455 e. The van der Waals surface area contributed by atoms with Crippen LogP contribution in [0.25, 0.3) is 0 Å². The summed E-state index contributed by atoms with van der Waals surface area (Å²) in [6.07, 6.45) is -2.90. The van der Waals surface area contributed by atoms with Crippen LogP contribution in [0.2, 0.25) is 0 Å². The van der Waals surface area contributed by atoms with Crippen molar-refractivity contribution in [3.8, 4) is 0 Å². The van der Waals surface area contributed by atoms with Crippen LogP contribution < -0.4 is 0 Å². The van der Waals surface area contributed by atoms with Crippen LogP contribution in [-0.2, 0) is 28.5 Å². The van der Waals surface area contributed by atoms with Gasteiger partial charge in [0, 0.05) is 81.9 Å². The smallest absolute Gasteiger partial charge is 0.338 e. The standard InChI is InChI=1S/C32H43NO9/c1-6-33-14-30(15-38-2)18(34)12-19(39-3)32-17-13-31(37)27(42-29(36)16-10-8-7-9-11-16)20(17)21(23(35)28(31)41-5)22(26(32)33)24(40-4)25(30)32/h7-11,17-22,24-28,34,37H,6,12-15H2,1-5H3/t17-,18-,19+,20+,21+,22?,24+,25?,26?,27-,28+,30+,31-,32?/m1/s1. The van der Waals surface area contributed by atoms with E-state index in [0.717, 1.165) is 0 Å². The Morgan fingerprint density at radius 2 is 1.81 bits per heavy atom. The van der Waals surface area contributed by atoms with Gasteiger partial charge in [0.2, 0.25) is 0 Å². The van der Waals surface area contributed by atoms with Crippen LogP contribution in [0.5, 0.6) is 0 Å². The molecule has 6 fully saturated rings. The number of benzene rings is 1. The molecule has 0 aromatic heterocycles. The number of likely N-dealkylation sites (tertiary alicyclic amines) is 1. The number of hydrogen-bond donors (Lipinski definition) is 2. The van der Waals surface area contributed by atoms with Crippen molar-refractivity contribution >= 4 is 11.8 Å². The van der Waals surface area contributed by atoms with Crippen LogP contribution in [0.4, 0.5) is 0 Å². The second-order valence-electron chi connectivity index (χ2n) is 13.5. The molecule has 7 rings (SSSR count). The molecule has 0 radical (unpaired) electrons. The third-order valence-corrected chi connectivity index (χ3v) is 12.5. The van der Waals surface area contributed by atoms with Crippen molar-refractivity contribution in [1.29, 1.82) is 0 Å². The van der Waals surface area contributed by atoms with Crippen LogP contribution in [0.3, 0.4) is 0 Å². The van der Waals surface area contributed by atoms with Crippen LogP contribution in [0, 0.1) is 40.4 Å². The van der Waals surface area contributed by atoms with E-state index >= 15 is 0 Å². The van der Waals surface area contributed by atoms with E-state index in [1.54, 1.807) is 45.6 Å². The van der Waals surface area contributed by atoms with E-state index in [1.165, 1.54) is 7.11 Å². The third-order valence-electron chi connectivity index (χ3n) is 12.5. The number of hydrogen-bond acceptors (Lipinski definition) is 10.